The zero-order valence-electron chi connectivity index (χ0n) is 15.2. The van der Waals surface area contributed by atoms with Crippen molar-refractivity contribution in [2.24, 2.45) is 5.14 Å². The van der Waals surface area contributed by atoms with Crippen LogP contribution in [0.25, 0.3) is 0 Å². The summed E-state index contributed by atoms with van der Waals surface area (Å²) in [5.74, 6) is -1.64. The number of esters is 1. The SMILES string of the molecule is CC(NS(=O)(=O)c1ccccc1)C(=O)OCC(=O)Nc1ccc(S(N)(=O)=O)cc1. The lowest BCUT2D eigenvalue weighted by Gasteiger charge is -2.14. The monoisotopic (exact) mass is 441 g/mol. The first-order valence-electron chi connectivity index (χ1n) is 8.16. The van der Waals surface area contributed by atoms with Crippen LogP contribution in [0.2, 0.25) is 0 Å². The molecule has 0 aliphatic heterocycles. The second kappa shape index (κ2) is 9.13. The van der Waals surface area contributed by atoms with Gasteiger partial charge in [0.05, 0.1) is 9.79 Å². The van der Waals surface area contributed by atoms with Gasteiger partial charge in [-0.25, -0.2) is 22.0 Å². The molecule has 2 aromatic rings. The molecule has 0 aliphatic rings. The van der Waals surface area contributed by atoms with E-state index in [0.29, 0.717) is 0 Å². The van der Waals surface area contributed by atoms with Gasteiger partial charge in [0.2, 0.25) is 20.0 Å². The predicted molar refractivity (Wildman–Crippen MR) is 104 cm³/mol. The van der Waals surface area contributed by atoms with Crippen molar-refractivity contribution in [1.29, 1.82) is 0 Å². The Morgan fingerprint density at radius 2 is 1.55 bits per heavy atom. The van der Waals surface area contributed by atoms with E-state index in [2.05, 4.69) is 10.0 Å². The number of nitrogens with two attached hydrogens (primary N) is 1. The van der Waals surface area contributed by atoms with E-state index < -0.39 is 44.6 Å². The molecule has 0 heterocycles. The smallest absolute Gasteiger partial charge is 0.324 e. The number of ether oxygens (including phenoxy) is 1. The van der Waals surface area contributed by atoms with E-state index >= 15 is 0 Å². The van der Waals surface area contributed by atoms with Crippen molar-refractivity contribution in [2.75, 3.05) is 11.9 Å². The van der Waals surface area contributed by atoms with Crippen LogP contribution in [0.1, 0.15) is 6.92 Å². The first-order valence-corrected chi connectivity index (χ1v) is 11.2. The molecule has 1 atom stereocenters. The summed E-state index contributed by atoms with van der Waals surface area (Å²) >= 11 is 0. The van der Waals surface area contributed by atoms with Crippen LogP contribution in [-0.4, -0.2) is 41.4 Å². The van der Waals surface area contributed by atoms with Gasteiger partial charge in [0.15, 0.2) is 6.61 Å². The van der Waals surface area contributed by atoms with Gasteiger partial charge in [-0.1, -0.05) is 18.2 Å². The third kappa shape index (κ3) is 6.64. The van der Waals surface area contributed by atoms with Crippen molar-refractivity contribution in [3.05, 3.63) is 54.6 Å². The van der Waals surface area contributed by atoms with Gasteiger partial charge in [-0.3, -0.25) is 9.59 Å². The number of carbonyl (C=O) groups is 2. The van der Waals surface area contributed by atoms with E-state index in [1.165, 1.54) is 55.5 Å². The van der Waals surface area contributed by atoms with Crippen molar-refractivity contribution < 1.29 is 31.2 Å². The van der Waals surface area contributed by atoms with Crippen molar-refractivity contribution in [3.63, 3.8) is 0 Å². The quantitative estimate of drug-likeness (QED) is 0.492. The Bertz CT molecular complexity index is 1080. The number of amides is 1. The number of rotatable bonds is 8. The van der Waals surface area contributed by atoms with Crippen LogP contribution in [0.5, 0.6) is 0 Å². The van der Waals surface area contributed by atoms with Crippen molar-refractivity contribution in [2.45, 2.75) is 22.8 Å². The van der Waals surface area contributed by atoms with Crippen LogP contribution in [0.4, 0.5) is 5.69 Å². The molecule has 2 aromatic carbocycles. The van der Waals surface area contributed by atoms with Gasteiger partial charge in [-0.15, -0.1) is 0 Å². The van der Waals surface area contributed by atoms with Gasteiger partial charge < -0.3 is 10.1 Å². The highest BCUT2D eigenvalue weighted by molar-refractivity contribution is 7.89. The summed E-state index contributed by atoms with van der Waals surface area (Å²) in [5.41, 5.74) is 0.260. The average Bonchev–Trinajstić information content (AvgIpc) is 2.66. The van der Waals surface area contributed by atoms with Crippen LogP contribution in [0.3, 0.4) is 0 Å². The molecule has 4 N–H and O–H groups in total. The lowest BCUT2D eigenvalue weighted by molar-refractivity contribution is -0.148. The fourth-order valence-corrected chi connectivity index (χ4v) is 3.86. The summed E-state index contributed by atoms with van der Waals surface area (Å²) in [4.78, 5) is 23.7. The van der Waals surface area contributed by atoms with E-state index in [1.54, 1.807) is 6.07 Å². The Morgan fingerprint density at radius 3 is 2.10 bits per heavy atom. The summed E-state index contributed by atoms with van der Waals surface area (Å²) < 4.78 is 53.7. The zero-order chi connectivity index (χ0) is 21.7. The third-order valence-electron chi connectivity index (χ3n) is 3.55. The van der Waals surface area contributed by atoms with E-state index in [-0.39, 0.29) is 15.5 Å². The maximum Gasteiger partial charge on any atom is 0.324 e. The fraction of sp³-hybridized carbons (Fsp3) is 0.176. The molecule has 156 valence electrons. The van der Waals surface area contributed by atoms with Gasteiger partial charge in [0.25, 0.3) is 5.91 Å². The lowest BCUT2D eigenvalue weighted by Crippen LogP contribution is -2.40. The van der Waals surface area contributed by atoms with Gasteiger partial charge >= 0.3 is 5.97 Å². The van der Waals surface area contributed by atoms with Crippen molar-refractivity contribution >= 4 is 37.6 Å². The number of carbonyl (C=O) groups excluding carboxylic acids is 2. The third-order valence-corrected chi connectivity index (χ3v) is 6.04. The summed E-state index contributed by atoms with van der Waals surface area (Å²) in [6, 6.07) is 11.3. The van der Waals surface area contributed by atoms with Crippen LogP contribution in [0.15, 0.2) is 64.4 Å². The Hall–Kier alpha value is -2.80. The molecule has 29 heavy (non-hydrogen) atoms. The standard InChI is InChI=1S/C17H19N3O7S2/c1-12(20-29(25,26)15-5-3-2-4-6-15)17(22)27-11-16(21)19-13-7-9-14(10-8-13)28(18,23)24/h2-10,12,20H,11H2,1H3,(H,19,21)(H2,18,23,24). The molecule has 0 aromatic heterocycles. The van der Waals surface area contributed by atoms with Gasteiger partial charge in [0, 0.05) is 5.69 Å². The molecule has 0 saturated heterocycles. The number of hydrogen-bond acceptors (Lipinski definition) is 7. The second-order valence-corrected chi connectivity index (χ2v) is 9.16. The van der Waals surface area contributed by atoms with Gasteiger partial charge in [0.1, 0.15) is 6.04 Å². The molecule has 0 saturated carbocycles. The highest BCUT2D eigenvalue weighted by Gasteiger charge is 2.23. The molecule has 10 nitrogen and oxygen atoms in total. The number of anilines is 1. The molecule has 1 unspecified atom stereocenters. The van der Waals surface area contributed by atoms with Gasteiger partial charge in [-0.2, -0.15) is 4.72 Å². The van der Waals surface area contributed by atoms with E-state index in [4.69, 9.17) is 9.88 Å². The summed E-state index contributed by atoms with van der Waals surface area (Å²) in [6.45, 7) is 0.625. The lowest BCUT2D eigenvalue weighted by atomic mass is 10.3. The number of benzene rings is 2. The predicted octanol–water partition coefficient (Wildman–Crippen LogP) is 0.183. The summed E-state index contributed by atoms with van der Waals surface area (Å²) in [7, 11) is -7.77. The molecule has 1 amide bonds. The van der Waals surface area contributed by atoms with Crippen LogP contribution in [-0.2, 0) is 34.4 Å². The maximum absolute atomic E-state index is 12.2. The van der Waals surface area contributed by atoms with Gasteiger partial charge in [-0.05, 0) is 43.3 Å². The largest absolute Gasteiger partial charge is 0.454 e. The molecular formula is C17H19N3O7S2. The Labute approximate surface area is 168 Å². The minimum atomic E-state index is -3.92. The average molecular weight is 441 g/mol. The molecule has 0 fully saturated rings. The number of nitrogens with one attached hydrogen (secondary N) is 2. The van der Waals surface area contributed by atoms with Crippen molar-refractivity contribution in [3.8, 4) is 0 Å². The molecule has 0 radical (unpaired) electrons. The number of hydrogen-bond donors (Lipinski definition) is 3. The van der Waals surface area contributed by atoms with E-state index in [1.807, 2.05) is 0 Å². The maximum atomic E-state index is 12.2. The fourth-order valence-electron chi connectivity index (χ4n) is 2.14. The molecular weight excluding hydrogens is 422 g/mol. The Morgan fingerprint density at radius 1 is 0.966 bits per heavy atom. The topological polar surface area (TPSA) is 162 Å². The molecule has 0 bridgehead atoms. The van der Waals surface area contributed by atoms with Crippen LogP contribution >= 0.6 is 0 Å². The first kappa shape index (κ1) is 22.5. The van der Waals surface area contributed by atoms with Crippen LogP contribution < -0.4 is 15.2 Å². The van der Waals surface area contributed by atoms with Crippen molar-refractivity contribution in [1.82, 2.24) is 4.72 Å². The Balaban J connectivity index is 1.87. The molecule has 0 spiro atoms. The summed E-state index contributed by atoms with van der Waals surface area (Å²) in [6.07, 6.45) is 0. The minimum Gasteiger partial charge on any atom is -0.454 e. The summed E-state index contributed by atoms with van der Waals surface area (Å²) in [5, 5.41) is 7.38. The highest BCUT2D eigenvalue weighted by atomic mass is 32.2. The zero-order valence-corrected chi connectivity index (χ0v) is 16.9. The number of primary sulfonamides is 1. The number of sulfonamides is 2. The molecule has 2 rings (SSSR count). The highest BCUT2D eigenvalue weighted by Crippen LogP contribution is 2.13. The minimum absolute atomic E-state index is 0.0136. The van der Waals surface area contributed by atoms with Crippen LogP contribution in [0, 0.1) is 0 Å². The van der Waals surface area contributed by atoms with E-state index in [9.17, 15) is 26.4 Å². The second-order valence-electron chi connectivity index (χ2n) is 5.88. The molecule has 12 heteroatoms. The molecule has 0 aliphatic carbocycles. The van der Waals surface area contributed by atoms with E-state index in [0.717, 1.165) is 0 Å². The first-order chi connectivity index (χ1) is 13.5. The Kier molecular flexibility index (Phi) is 7.08. The normalized spacial score (nSPS) is 12.8.